The predicted molar refractivity (Wildman–Crippen MR) is 94.0 cm³/mol. The van der Waals surface area contributed by atoms with Gasteiger partial charge < -0.3 is 15.4 Å². The maximum absolute atomic E-state index is 12.8. The van der Waals surface area contributed by atoms with E-state index in [9.17, 15) is 9.59 Å². The smallest absolute Gasteiger partial charge is 0.251 e. The van der Waals surface area contributed by atoms with E-state index in [0.29, 0.717) is 6.54 Å². The second-order valence-electron chi connectivity index (χ2n) is 7.11. The van der Waals surface area contributed by atoms with Crippen molar-refractivity contribution in [3.05, 3.63) is 54.4 Å². The van der Waals surface area contributed by atoms with Crippen LogP contribution in [0.5, 0.6) is 0 Å². The topological polar surface area (TPSA) is 85.2 Å². The molecule has 2 amide bonds. The van der Waals surface area contributed by atoms with Crippen molar-refractivity contribution in [3.8, 4) is 0 Å². The van der Waals surface area contributed by atoms with Gasteiger partial charge >= 0.3 is 0 Å². The van der Waals surface area contributed by atoms with Gasteiger partial charge in [-0.2, -0.15) is 5.10 Å². The van der Waals surface area contributed by atoms with Crippen molar-refractivity contribution in [2.24, 2.45) is 5.41 Å². The first-order valence-electron chi connectivity index (χ1n) is 8.86. The normalized spacial score (nSPS) is 23.9. The number of hydrogen-bond acceptors (Lipinski definition) is 4. The van der Waals surface area contributed by atoms with Gasteiger partial charge in [0.05, 0.1) is 6.04 Å². The minimum absolute atomic E-state index is 0.0713. The molecule has 4 rings (SSSR count). The maximum Gasteiger partial charge on any atom is 0.251 e. The highest BCUT2D eigenvalue weighted by Crippen LogP contribution is 2.46. The molecule has 26 heavy (non-hydrogen) atoms. The number of carbonyl (C=O) groups excluding carboxylic acids is 2. The lowest BCUT2D eigenvalue weighted by molar-refractivity contribution is -0.148. The molecule has 1 aliphatic heterocycles. The first-order chi connectivity index (χ1) is 12.7. The van der Waals surface area contributed by atoms with Crippen molar-refractivity contribution < 1.29 is 14.3 Å². The van der Waals surface area contributed by atoms with E-state index >= 15 is 0 Å². The van der Waals surface area contributed by atoms with Gasteiger partial charge in [-0.1, -0.05) is 30.3 Å². The van der Waals surface area contributed by atoms with E-state index in [1.807, 2.05) is 47.3 Å². The highest BCUT2D eigenvalue weighted by molar-refractivity contribution is 5.86. The van der Waals surface area contributed by atoms with Crippen LogP contribution < -0.4 is 10.6 Å². The highest BCUT2D eigenvalue weighted by Gasteiger charge is 2.44. The SMILES string of the molecule is O=C1CO[C@H](C(=O)NCC2(Cn3cccn3)CC2)[C@@H](c2ccccc2)N1. The van der Waals surface area contributed by atoms with Crippen LogP contribution in [0.3, 0.4) is 0 Å². The molecule has 0 bridgehead atoms. The Kier molecular flexibility index (Phi) is 4.46. The van der Waals surface area contributed by atoms with Crippen molar-refractivity contribution in [1.82, 2.24) is 20.4 Å². The van der Waals surface area contributed by atoms with Crippen LogP contribution in [-0.4, -0.2) is 40.9 Å². The minimum Gasteiger partial charge on any atom is -0.356 e. The largest absolute Gasteiger partial charge is 0.356 e. The summed E-state index contributed by atoms with van der Waals surface area (Å²) in [5.74, 6) is -0.397. The summed E-state index contributed by atoms with van der Waals surface area (Å²) in [7, 11) is 0. The summed E-state index contributed by atoms with van der Waals surface area (Å²) >= 11 is 0. The van der Waals surface area contributed by atoms with E-state index in [4.69, 9.17) is 4.74 Å². The molecule has 2 aliphatic rings. The summed E-state index contributed by atoms with van der Waals surface area (Å²) in [6, 6.07) is 10.9. The maximum atomic E-state index is 12.8. The molecule has 1 aromatic heterocycles. The van der Waals surface area contributed by atoms with Crippen LogP contribution in [0.4, 0.5) is 0 Å². The molecular weight excluding hydrogens is 332 g/mol. The molecule has 2 atom stereocenters. The van der Waals surface area contributed by atoms with E-state index in [-0.39, 0.29) is 23.8 Å². The fourth-order valence-corrected chi connectivity index (χ4v) is 3.38. The highest BCUT2D eigenvalue weighted by atomic mass is 16.5. The van der Waals surface area contributed by atoms with E-state index in [1.54, 1.807) is 6.20 Å². The lowest BCUT2D eigenvalue weighted by atomic mass is 9.99. The van der Waals surface area contributed by atoms with E-state index in [1.165, 1.54) is 0 Å². The van der Waals surface area contributed by atoms with E-state index in [0.717, 1.165) is 24.9 Å². The molecule has 0 radical (unpaired) electrons. The molecule has 2 heterocycles. The van der Waals surface area contributed by atoms with Crippen LogP contribution >= 0.6 is 0 Å². The number of aromatic nitrogens is 2. The zero-order valence-corrected chi connectivity index (χ0v) is 14.4. The summed E-state index contributed by atoms with van der Waals surface area (Å²) in [5.41, 5.74) is 0.931. The number of nitrogens with one attached hydrogen (secondary N) is 2. The minimum atomic E-state index is -0.726. The molecule has 0 spiro atoms. The fraction of sp³-hybridized carbons (Fsp3) is 0.421. The van der Waals surface area contributed by atoms with Gasteiger partial charge in [0.1, 0.15) is 6.61 Å². The number of carbonyl (C=O) groups is 2. The number of hydrogen-bond donors (Lipinski definition) is 2. The summed E-state index contributed by atoms with van der Waals surface area (Å²) in [4.78, 5) is 24.5. The molecular formula is C19H22N4O3. The van der Waals surface area contributed by atoms with Crippen LogP contribution in [0.25, 0.3) is 0 Å². The summed E-state index contributed by atoms with van der Waals surface area (Å²) in [6.45, 7) is 1.28. The molecule has 2 N–H and O–H groups in total. The molecule has 0 unspecified atom stereocenters. The lowest BCUT2D eigenvalue weighted by Crippen LogP contribution is -2.53. The van der Waals surface area contributed by atoms with Crippen molar-refractivity contribution >= 4 is 11.8 Å². The molecule has 7 nitrogen and oxygen atoms in total. The fourth-order valence-electron chi connectivity index (χ4n) is 3.38. The monoisotopic (exact) mass is 354 g/mol. The zero-order valence-electron chi connectivity index (χ0n) is 14.4. The second kappa shape index (κ2) is 6.92. The summed E-state index contributed by atoms with van der Waals surface area (Å²) < 4.78 is 7.47. The number of ether oxygens (including phenoxy) is 1. The predicted octanol–water partition coefficient (Wildman–Crippen LogP) is 1.04. The Balaban J connectivity index is 1.40. The average Bonchev–Trinajstić information content (AvgIpc) is 3.23. The van der Waals surface area contributed by atoms with Gasteiger partial charge in [-0.15, -0.1) is 0 Å². The molecule has 1 saturated carbocycles. The number of amides is 2. The summed E-state index contributed by atoms with van der Waals surface area (Å²) in [5, 5.41) is 10.1. The molecule has 1 aliphatic carbocycles. The Morgan fingerprint density at radius 2 is 2.12 bits per heavy atom. The molecule has 136 valence electrons. The number of nitrogens with zero attached hydrogens (tertiary/aromatic N) is 2. The zero-order chi connectivity index (χ0) is 18.0. The van der Waals surface area contributed by atoms with Crippen molar-refractivity contribution in [2.75, 3.05) is 13.2 Å². The van der Waals surface area contributed by atoms with Gasteiger partial charge in [-0.25, -0.2) is 0 Å². The van der Waals surface area contributed by atoms with Crippen molar-refractivity contribution in [2.45, 2.75) is 31.5 Å². The van der Waals surface area contributed by atoms with Gasteiger partial charge in [0.25, 0.3) is 5.91 Å². The van der Waals surface area contributed by atoms with E-state index < -0.39 is 12.1 Å². The third-order valence-electron chi connectivity index (χ3n) is 5.08. The third kappa shape index (κ3) is 3.62. The Bertz CT molecular complexity index is 771. The quantitative estimate of drug-likeness (QED) is 0.812. The first kappa shape index (κ1) is 16.8. The first-order valence-corrected chi connectivity index (χ1v) is 8.86. The van der Waals surface area contributed by atoms with Crippen LogP contribution in [-0.2, 0) is 20.9 Å². The van der Waals surface area contributed by atoms with Crippen LogP contribution in [0, 0.1) is 5.41 Å². The van der Waals surface area contributed by atoms with Crippen LogP contribution in [0.15, 0.2) is 48.8 Å². The van der Waals surface area contributed by atoms with Gasteiger partial charge in [0.15, 0.2) is 6.10 Å². The Labute approximate surface area is 151 Å². The molecule has 2 fully saturated rings. The van der Waals surface area contributed by atoms with Crippen molar-refractivity contribution in [1.29, 1.82) is 0 Å². The van der Waals surface area contributed by atoms with Crippen LogP contribution in [0.2, 0.25) is 0 Å². The van der Waals surface area contributed by atoms with Crippen molar-refractivity contribution in [3.63, 3.8) is 0 Å². The lowest BCUT2D eigenvalue weighted by Gasteiger charge is -2.32. The van der Waals surface area contributed by atoms with Crippen LogP contribution in [0.1, 0.15) is 24.4 Å². The Morgan fingerprint density at radius 3 is 2.81 bits per heavy atom. The van der Waals surface area contributed by atoms with Gasteiger partial charge in [-0.3, -0.25) is 14.3 Å². The molecule has 1 saturated heterocycles. The third-order valence-corrected chi connectivity index (χ3v) is 5.08. The molecule has 2 aromatic rings. The standard InChI is InChI=1S/C19H22N4O3/c24-15-11-26-17(16(22-15)14-5-2-1-3-6-14)18(25)20-12-19(7-8-19)13-23-10-4-9-21-23/h1-6,9-10,16-17H,7-8,11-13H2,(H,20,25)(H,22,24)/t16-,17+/m1/s1. The molecule has 1 aromatic carbocycles. The van der Waals surface area contributed by atoms with Gasteiger partial charge in [-0.05, 0) is 24.5 Å². The Hall–Kier alpha value is -2.67. The Morgan fingerprint density at radius 1 is 1.31 bits per heavy atom. The summed E-state index contributed by atoms with van der Waals surface area (Å²) in [6.07, 6.45) is 5.11. The average molecular weight is 354 g/mol. The van der Waals surface area contributed by atoms with Gasteiger partial charge in [0.2, 0.25) is 5.91 Å². The second-order valence-corrected chi connectivity index (χ2v) is 7.11. The van der Waals surface area contributed by atoms with Gasteiger partial charge in [0, 0.05) is 30.9 Å². The number of morpholine rings is 1. The molecule has 7 heteroatoms. The number of rotatable bonds is 6. The number of benzene rings is 1. The van der Waals surface area contributed by atoms with E-state index in [2.05, 4.69) is 15.7 Å².